The van der Waals surface area contributed by atoms with E-state index in [1.807, 2.05) is 35.0 Å². The lowest BCUT2D eigenvalue weighted by molar-refractivity contribution is -0.121. The van der Waals surface area contributed by atoms with E-state index in [9.17, 15) is 4.79 Å². The molecule has 1 fully saturated rings. The van der Waals surface area contributed by atoms with Crippen molar-refractivity contribution < 1.29 is 4.79 Å². The van der Waals surface area contributed by atoms with E-state index in [1.165, 1.54) is 6.42 Å². The molecule has 2 aromatic rings. The summed E-state index contributed by atoms with van der Waals surface area (Å²) in [7, 11) is 0. The zero-order valence-electron chi connectivity index (χ0n) is 13.0. The zero-order chi connectivity index (χ0) is 14.5. The molecule has 1 aliphatic rings. The third-order valence-electron chi connectivity index (χ3n) is 4.06. The van der Waals surface area contributed by atoms with E-state index in [-0.39, 0.29) is 30.7 Å². The van der Waals surface area contributed by atoms with Crippen molar-refractivity contribution in [3.8, 4) is 0 Å². The van der Waals surface area contributed by atoms with Crippen LogP contribution in [-0.2, 0) is 11.2 Å². The number of carbonyl (C=O) groups is 1. The van der Waals surface area contributed by atoms with Crippen LogP contribution in [0.4, 0.5) is 0 Å². The van der Waals surface area contributed by atoms with Crippen molar-refractivity contribution in [1.29, 1.82) is 0 Å². The molecule has 5 nitrogen and oxygen atoms in total. The highest BCUT2D eigenvalue weighted by Crippen LogP contribution is 2.13. The van der Waals surface area contributed by atoms with Gasteiger partial charge in [0.05, 0.1) is 5.69 Å². The minimum absolute atomic E-state index is 0. The number of amides is 1. The van der Waals surface area contributed by atoms with Crippen LogP contribution in [0.5, 0.6) is 0 Å². The molecule has 1 aliphatic heterocycles. The number of hydrogen-bond acceptors (Lipinski definition) is 3. The summed E-state index contributed by atoms with van der Waals surface area (Å²) in [6, 6.07) is 5.95. The molecule has 0 radical (unpaired) electrons. The van der Waals surface area contributed by atoms with E-state index in [1.54, 1.807) is 0 Å². The van der Waals surface area contributed by atoms with E-state index in [0.717, 1.165) is 37.3 Å². The van der Waals surface area contributed by atoms with Gasteiger partial charge in [0.15, 0.2) is 0 Å². The Balaban J connectivity index is 0.00000132. The summed E-state index contributed by atoms with van der Waals surface area (Å²) in [6.45, 7) is 2.82. The largest absolute Gasteiger partial charge is 0.356 e. The lowest BCUT2D eigenvalue weighted by Gasteiger charge is -2.08. The van der Waals surface area contributed by atoms with E-state index < -0.39 is 0 Å². The number of aromatic nitrogens is 2. The highest BCUT2D eigenvalue weighted by Gasteiger charge is 2.15. The second-order valence-corrected chi connectivity index (χ2v) is 5.70. The fourth-order valence-corrected chi connectivity index (χ4v) is 2.82. The normalized spacial score (nSPS) is 16.6. The number of imidazole rings is 1. The van der Waals surface area contributed by atoms with Crippen LogP contribution in [-0.4, -0.2) is 34.9 Å². The van der Waals surface area contributed by atoms with Crippen molar-refractivity contribution in [3.05, 3.63) is 36.3 Å². The van der Waals surface area contributed by atoms with Gasteiger partial charge in [-0.25, -0.2) is 4.98 Å². The minimum atomic E-state index is 0. The first kappa shape index (κ1) is 19.7. The molecule has 0 bridgehead atoms. The molecule has 3 rings (SSSR count). The quantitative estimate of drug-likeness (QED) is 0.832. The SMILES string of the molecule is Cl.Cl.O=C(CCC1CCNC1)NCCc1cn2ccccc2n1. The molecule has 2 N–H and O–H groups in total. The maximum Gasteiger partial charge on any atom is 0.220 e. The summed E-state index contributed by atoms with van der Waals surface area (Å²) < 4.78 is 2.00. The van der Waals surface area contributed by atoms with Crippen LogP contribution < -0.4 is 10.6 Å². The minimum Gasteiger partial charge on any atom is -0.356 e. The average Bonchev–Trinajstić information content (AvgIpc) is 3.14. The first-order valence-corrected chi connectivity index (χ1v) is 7.71. The number of fused-ring (bicyclic) bond motifs is 1. The van der Waals surface area contributed by atoms with E-state index in [2.05, 4.69) is 15.6 Å². The van der Waals surface area contributed by atoms with Crippen LogP contribution in [0.25, 0.3) is 5.65 Å². The van der Waals surface area contributed by atoms with Crippen molar-refractivity contribution in [3.63, 3.8) is 0 Å². The molecule has 3 heterocycles. The molecule has 0 aliphatic carbocycles. The second kappa shape index (κ2) is 9.75. The third-order valence-corrected chi connectivity index (χ3v) is 4.06. The van der Waals surface area contributed by atoms with Crippen LogP contribution in [0.15, 0.2) is 30.6 Å². The topological polar surface area (TPSA) is 58.4 Å². The average molecular weight is 359 g/mol. The molecule has 0 saturated carbocycles. The van der Waals surface area contributed by atoms with Gasteiger partial charge in [-0.3, -0.25) is 4.79 Å². The Bertz CT molecular complexity index is 578. The predicted octanol–water partition coefficient (Wildman–Crippen LogP) is 2.23. The van der Waals surface area contributed by atoms with Gasteiger partial charge in [0.25, 0.3) is 0 Å². The molecule has 128 valence electrons. The molecule has 1 saturated heterocycles. The van der Waals surface area contributed by atoms with Crippen molar-refractivity contribution in [2.45, 2.75) is 25.7 Å². The molecule has 1 amide bonds. The van der Waals surface area contributed by atoms with Gasteiger partial charge in [-0.1, -0.05) is 6.07 Å². The van der Waals surface area contributed by atoms with Gasteiger partial charge in [-0.2, -0.15) is 0 Å². The predicted molar refractivity (Wildman–Crippen MR) is 96.6 cm³/mol. The molecule has 0 aromatic carbocycles. The highest BCUT2D eigenvalue weighted by atomic mass is 35.5. The fraction of sp³-hybridized carbons (Fsp3) is 0.500. The van der Waals surface area contributed by atoms with Gasteiger partial charge in [0.1, 0.15) is 5.65 Å². The number of carbonyl (C=O) groups excluding carboxylic acids is 1. The number of halogens is 2. The van der Waals surface area contributed by atoms with Crippen molar-refractivity contribution in [2.75, 3.05) is 19.6 Å². The lowest BCUT2D eigenvalue weighted by atomic mass is 10.0. The van der Waals surface area contributed by atoms with Gasteiger partial charge >= 0.3 is 0 Å². The maximum absolute atomic E-state index is 11.8. The first-order chi connectivity index (χ1) is 10.3. The Kier molecular flexibility index (Phi) is 8.37. The van der Waals surface area contributed by atoms with E-state index in [0.29, 0.717) is 18.9 Å². The summed E-state index contributed by atoms with van der Waals surface area (Å²) in [6.07, 6.45) is 7.61. The second-order valence-electron chi connectivity index (χ2n) is 5.70. The van der Waals surface area contributed by atoms with E-state index >= 15 is 0 Å². The number of hydrogen-bond donors (Lipinski definition) is 2. The van der Waals surface area contributed by atoms with Crippen LogP contribution in [0.3, 0.4) is 0 Å². The Morgan fingerprint density at radius 3 is 3.00 bits per heavy atom. The van der Waals surface area contributed by atoms with Gasteiger partial charge in [-0.05, 0) is 44.0 Å². The lowest BCUT2D eigenvalue weighted by Crippen LogP contribution is -2.26. The standard InChI is InChI=1S/C16H22N4O.2ClH/c21-16(5-4-13-6-8-17-11-13)18-9-7-14-12-20-10-2-1-3-15(20)19-14;;/h1-3,10,12-13,17H,4-9,11H2,(H,18,21);2*1H. The third kappa shape index (κ3) is 5.68. The van der Waals surface area contributed by atoms with Crippen molar-refractivity contribution >= 4 is 36.4 Å². The van der Waals surface area contributed by atoms with Crippen LogP contribution in [0.1, 0.15) is 25.0 Å². The van der Waals surface area contributed by atoms with Crippen LogP contribution >= 0.6 is 24.8 Å². The van der Waals surface area contributed by atoms with Gasteiger partial charge < -0.3 is 15.0 Å². The summed E-state index contributed by atoms with van der Waals surface area (Å²) in [5, 5.41) is 6.32. The van der Waals surface area contributed by atoms with Gasteiger partial charge in [-0.15, -0.1) is 24.8 Å². The summed E-state index contributed by atoms with van der Waals surface area (Å²) in [4.78, 5) is 16.3. The monoisotopic (exact) mass is 358 g/mol. The smallest absolute Gasteiger partial charge is 0.220 e. The van der Waals surface area contributed by atoms with Gasteiger partial charge in [0, 0.05) is 31.8 Å². The maximum atomic E-state index is 11.8. The molecule has 1 atom stereocenters. The summed E-state index contributed by atoms with van der Waals surface area (Å²) in [5.74, 6) is 0.833. The molecule has 23 heavy (non-hydrogen) atoms. The molecule has 7 heteroatoms. The molecule has 0 spiro atoms. The Morgan fingerprint density at radius 1 is 1.39 bits per heavy atom. The van der Waals surface area contributed by atoms with Crippen molar-refractivity contribution in [2.24, 2.45) is 5.92 Å². The highest BCUT2D eigenvalue weighted by molar-refractivity contribution is 5.85. The molecule has 2 aromatic heterocycles. The number of pyridine rings is 1. The first-order valence-electron chi connectivity index (χ1n) is 7.71. The number of nitrogens with zero attached hydrogens (tertiary/aromatic N) is 2. The number of nitrogens with one attached hydrogen (secondary N) is 2. The summed E-state index contributed by atoms with van der Waals surface area (Å²) in [5.41, 5.74) is 1.97. The fourth-order valence-electron chi connectivity index (χ4n) is 2.82. The van der Waals surface area contributed by atoms with Gasteiger partial charge in [0.2, 0.25) is 5.91 Å². The Hall–Kier alpha value is -1.30. The van der Waals surface area contributed by atoms with Crippen molar-refractivity contribution in [1.82, 2.24) is 20.0 Å². The van der Waals surface area contributed by atoms with E-state index in [4.69, 9.17) is 0 Å². The molecular formula is C16H24Cl2N4O. The molecular weight excluding hydrogens is 335 g/mol. The van der Waals surface area contributed by atoms with Crippen LogP contribution in [0, 0.1) is 5.92 Å². The Labute approximate surface area is 149 Å². The molecule has 1 unspecified atom stereocenters. The summed E-state index contributed by atoms with van der Waals surface area (Å²) >= 11 is 0. The zero-order valence-corrected chi connectivity index (χ0v) is 14.7. The Morgan fingerprint density at radius 2 is 2.26 bits per heavy atom. The number of rotatable bonds is 6. The van der Waals surface area contributed by atoms with Crippen LogP contribution in [0.2, 0.25) is 0 Å².